The highest BCUT2D eigenvalue weighted by atomic mass is 15.2. The van der Waals surface area contributed by atoms with Gasteiger partial charge in [-0.2, -0.15) is 0 Å². The molecule has 0 aliphatic rings. The number of imidazole rings is 4. The van der Waals surface area contributed by atoms with E-state index in [1.54, 1.807) is 0 Å². The Kier molecular flexibility index (Phi) is 6.72. The zero-order chi connectivity index (χ0) is 33.2. The topological polar surface area (TPSA) is 71.3 Å². The lowest BCUT2D eigenvalue weighted by atomic mass is 10.1. The zero-order valence-corrected chi connectivity index (χ0v) is 28.1. The van der Waals surface area contributed by atoms with Gasteiger partial charge in [0.15, 0.2) is 0 Å². The molecule has 0 N–H and O–H groups in total. The van der Waals surface area contributed by atoms with Crippen molar-refractivity contribution >= 4 is 44.1 Å². The summed E-state index contributed by atoms with van der Waals surface area (Å²) in [7, 11) is 0. The maximum atomic E-state index is 5.22. The molecule has 0 saturated heterocycles. The summed E-state index contributed by atoms with van der Waals surface area (Å²) in [5.41, 5.74) is 12.1. The molecule has 0 atom stereocenters. The lowest BCUT2D eigenvalue weighted by molar-refractivity contribution is 0.742. The van der Waals surface area contributed by atoms with Gasteiger partial charge in [0.05, 0.1) is 66.9 Å². The van der Waals surface area contributed by atoms with Crippen molar-refractivity contribution in [2.24, 2.45) is 0 Å². The molecular formula is C41H36N8. The van der Waals surface area contributed by atoms with E-state index in [1.807, 2.05) is 12.1 Å². The van der Waals surface area contributed by atoms with Gasteiger partial charge < -0.3 is 0 Å². The minimum absolute atomic E-state index is 0.865. The fraction of sp³-hybridized carbons (Fsp3) is 0.171. The Bertz CT molecular complexity index is 2700. The Morgan fingerprint density at radius 2 is 0.755 bits per heavy atom. The Morgan fingerprint density at radius 1 is 0.429 bits per heavy atom. The van der Waals surface area contributed by atoms with E-state index < -0.39 is 0 Å². The van der Waals surface area contributed by atoms with Gasteiger partial charge in [0.25, 0.3) is 0 Å². The Balaban J connectivity index is 1.49. The third kappa shape index (κ3) is 4.51. The minimum atomic E-state index is 0.865. The molecule has 5 aromatic carbocycles. The summed E-state index contributed by atoms with van der Waals surface area (Å²) in [4.78, 5) is 20.3. The molecular weight excluding hydrogens is 605 g/mol. The van der Waals surface area contributed by atoms with Crippen molar-refractivity contribution in [1.82, 2.24) is 38.2 Å². The molecule has 0 bridgehead atoms. The van der Waals surface area contributed by atoms with E-state index in [9.17, 15) is 0 Å². The van der Waals surface area contributed by atoms with Crippen LogP contribution in [-0.4, -0.2) is 38.2 Å². The van der Waals surface area contributed by atoms with E-state index in [0.717, 1.165) is 109 Å². The van der Waals surface area contributed by atoms with Crippen molar-refractivity contribution in [3.05, 3.63) is 132 Å². The maximum absolute atomic E-state index is 5.22. The van der Waals surface area contributed by atoms with Crippen LogP contribution >= 0.6 is 0 Å². The van der Waals surface area contributed by atoms with Crippen molar-refractivity contribution in [2.45, 2.75) is 47.0 Å². The fourth-order valence-electron chi connectivity index (χ4n) is 7.47. The molecule has 0 spiro atoms. The molecule has 0 fully saturated rings. The van der Waals surface area contributed by atoms with Crippen LogP contribution in [0.15, 0.2) is 109 Å². The van der Waals surface area contributed by atoms with Crippen LogP contribution in [0.2, 0.25) is 0 Å². The lowest BCUT2D eigenvalue weighted by Gasteiger charge is -2.23. The Hall–Kier alpha value is -6.02. The van der Waals surface area contributed by atoms with Crippen LogP contribution in [0.1, 0.15) is 43.1 Å². The molecule has 4 heterocycles. The maximum Gasteiger partial charge on any atom is 0.114 e. The molecule has 9 aromatic rings. The quantitative estimate of drug-likeness (QED) is 0.174. The number of nitrogens with zero attached hydrogens (tertiary/aromatic N) is 8. The number of unbranched alkanes of at least 4 members (excludes halogenated alkanes) is 1. The molecule has 49 heavy (non-hydrogen) atoms. The van der Waals surface area contributed by atoms with Crippen LogP contribution in [0.5, 0.6) is 0 Å². The van der Waals surface area contributed by atoms with E-state index in [-0.39, 0.29) is 0 Å². The lowest BCUT2D eigenvalue weighted by Crippen LogP contribution is -2.13. The molecule has 0 amide bonds. The average Bonchev–Trinajstić information content (AvgIpc) is 3.85. The van der Waals surface area contributed by atoms with Gasteiger partial charge in [-0.15, -0.1) is 0 Å². The second-order valence-electron chi connectivity index (χ2n) is 12.7. The summed E-state index contributed by atoms with van der Waals surface area (Å²) < 4.78 is 9.24. The average molecular weight is 641 g/mol. The van der Waals surface area contributed by atoms with E-state index in [4.69, 9.17) is 19.9 Å². The van der Waals surface area contributed by atoms with Gasteiger partial charge in [0.1, 0.15) is 23.3 Å². The van der Waals surface area contributed by atoms with Gasteiger partial charge >= 0.3 is 0 Å². The van der Waals surface area contributed by atoms with Crippen molar-refractivity contribution in [3.63, 3.8) is 0 Å². The summed E-state index contributed by atoms with van der Waals surface area (Å²) >= 11 is 0. The molecule has 4 aromatic heterocycles. The molecule has 0 aliphatic heterocycles. The van der Waals surface area contributed by atoms with Gasteiger partial charge in [-0.3, -0.25) is 18.3 Å². The van der Waals surface area contributed by atoms with Crippen LogP contribution in [0.25, 0.3) is 66.9 Å². The molecule has 8 nitrogen and oxygen atoms in total. The van der Waals surface area contributed by atoms with Crippen molar-refractivity contribution in [3.8, 4) is 22.7 Å². The zero-order valence-electron chi connectivity index (χ0n) is 28.1. The number of hydrogen-bond acceptors (Lipinski definition) is 4. The summed E-state index contributed by atoms with van der Waals surface area (Å²) in [5, 5.41) is 0. The van der Waals surface area contributed by atoms with Crippen molar-refractivity contribution in [2.75, 3.05) is 0 Å². The molecule has 8 heteroatoms. The Morgan fingerprint density at radius 3 is 1.14 bits per heavy atom. The molecule has 9 rings (SSSR count). The number of benzene rings is 5. The number of aryl methyl sites for hydroxylation is 4. The second kappa shape index (κ2) is 11.3. The first-order chi connectivity index (χ1) is 24.0. The van der Waals surface area contributed by atoms with Crippen LogP contribution in [0.3, 0.4) is 0 Å². The molecule has 0 radical (unpaired) electrons. The van der Waals surface area contributed by atoms with E-state index in [2.05, 4.69) is 143 Å². The highest BCUT2D eigenvalue weighted by Gasteiger charge is 2.25. The number of hydrogen-bond donors (Lipinski definition) is 0. The highest BCUT2D eigenvalue weighted by molar-refractivity contribution is 5.87. The number of fused-ring (bicyclic) bond motifs is 4. The van der Waals surface area contributed by atoms with Crippen LogP contribution in [0.4, 0.5) is 0 Å². The standard InChI is InChI=1S/C41H36N8/c1-5-6-23-41-45-32-18-10-14-22-36(32)49(41)40-25-38(47-27(3)43-30-16-8-12-20-34(30)47)37(46-26(2)42-29-15-7-11-19-33(29)46)24-39(40)48-28(4)44-31-17-9-13-21-35(31)48/h7-22,24-25H,5-6,23H2,1-4H3. The van der Waals surface area contributed by atoms with Crippen LogP contribution < -0.4 is 0 Å². The first-order valence-electron chi connectivity index (χ1n) is 17.0. The monoisotopic (exact) mass is 640 g/mol. The SMILES string of the molecule is CCCCc1nc2ccccc2n1-c1cc(-n2c(C)nc3ccccc32)c(-n2c(C)nc3ccccc32)cc1-n1c(C)nc2ccccc21. The normalized spacial score (nSPS) is 11.9. The van der Waals surface area contributed by atoms with Crippen molar-refractivity contribution in [1.29, 1.82) is 0 Å². The summed E-state index contributed by atoms with van der Waals surface area (Å²) in [6.45, 7) is 8.49. The Labute approximate surface area is 283 Å². The van der Waals surface area contributed by atoms with Crippen molar-refractivity contribution < 1.29 is 0 Å². The number of aromatic nitrogens is 8. The predicted molar refractivity (Wildman–Crippen MR) is 198 cm³/mol. The second-order valence-corrected chi connectivity index (χ2v) is 12.7. The fourth-order valence-corrected chi connectivity index (χ4v) is 7.47. The van der Waals surface area contributed by atoms with Crippen LogP contribution in [0, 0.1) is 20.8 Å². The van der Waals surface area contributed by atoms with Crippen LogP contribution in [-0.2, 0) is 6.42 Å². The first kappa shape index (κ1) is 29.1. The minimum Gasteiger partial charge on any atom is -0.294 e. The first-order valence-corrected chi connectivity index (χ1v) is 17.0. The van der Waals surface area contributed by atoms with Gasteiger partial charge in [0, 0.05) is 6.42 Å². The third-order valence-electron chi connectivity index (χ3n) is 9.61. The predicted octanol–water partition coefficient (Wildman–Crippen LogP) is 9.31. The molecule has 0 saturated carbocycles. The van der Waals surface area contributed by atoms with E-state index >= 15 is 0 Å². The number of para-hydroxylation sites is 8. The van der Waals surface area contributed by atoms with E-state index in [1.165, 1.54) is 0 Å². The smallest absolute Gasteiger partial charge is 0.114 e. The molecule has 0 aliphatic carbocycles. The highest BCUT2D eigenvalue weighted by Crippen LogP contribution is 2.38. The largest absolute Gasteiger partial charge is 0.294 e. The van der Waals surface area contributed by atoms with Gasteiger partial charge in [-0.1, -0.05) is 61.9 Å². The summed E-state index contributed by atoms with van der Waals surface area (Å²) in [6.07, 6.45) is 2.99. The van der Waals surface area contributed by atoms with Gasteiger partial charge in [-0.25, -0.2) is 19.9 Å². The number of rotatable bonds is 7. The summed E-state index contributed by atoms with van der Waals surface area (Å²) in [6, 6.07) is 38.2. The summed E-state index contributed by atoms with van der Waals surface area (Å²) in [5.74, 6) is 3.78. The third-order valence-corrected chi connectivity index (χ3v) is 9.61. The van der Waals surface area contributed by atoms with Gasteiger partial charge in [0.2, 0.25) is 0 Å². The molecule has 0 unspecified atom stereocenters. The van der Waals surface area contributed by atoms with Gasteiger partial charge in [-0.05, 0) is 87.9 Å². The van der Waals surface area contributed by atoms with E-state index in [0.29, 0.717) is 0 Å². The molecule has 240 valence electrons.